The van der Waals surface area contributed by atoms with Crippen LogP contribution >= 0.6 is 11.6 Å². The van der Waals surface area contributed by atoms with Crippen LogP contribution in [0.2, 0.25) is 5.02 Å². The molecule has 0 aromatic heterocycles. The lowest BCUT2D eigenvalue weighted by Crippen LogP contribution is -2.33. The number of nitrogens with zero attached hydrogens (tertiary/aromatic N) is 1. The second-order valence-electron chi connectivity index (χ2n) is 7.38. The molecule has 0 aliphatic carbocycles. The van der Waals surface area contributed by atoms with Crippen LogP contribution in [0.15, 0.2) is 40.7 Å². The molecule has 0 saturated heterocycles. The summed E-state index contributed by atoms with van der Waals surface area (Å²) in [5.41, 5.74) is 1.50. The molecule has 2 unspecified atom stereocenters. The second-order valence-corrected chi connectivity index (χ2v) is 7.76. The lowest BCUT2D eigenvalue weighted by Gasteiger charge is -2.30. The summed E-state index contributed by atoms with van der Waals surface area (Å²) in [6.07, 6.45) is -0.299. The molecule has 1 aromatic rings. The van der Waals surface area contributed by atoms with Crippen LogP contribution in [-0.4, -0.2) is 36.9 Å². The molecule has 2 atom stereocenters. The summed E-state index contributed by atoms with van der Waals surface area (Å²) in [6, 6.07) is 6.74. The number of carbonyl (C=O) groups excluding carboxylic acids is 1. The number of halogens is 1. The summed E-state index contributed by atoms with van der Waals surface area (Å²) >= 11 is 6.42. The normalized spacial score (nSPS) is 17.5. The molecule has 7 nitrogen and oxygen atoms in total. The molecular formula is C22H25ClN2O5. The number of methoxy groups -OCH3 is 1. The molecule has 1 aliphatic heterocycles. The average molecular weight is 433 g/mol. The maximum absolute atomic E-state index is 13.1. The number of carbonyl (C=O) groups is 2. The maximum Gasteiger partial charge on any atom is 0.336 e. The summed E-state index contributed by atoms with van der Waals surface area (Å²) in [4.78, 5) is 25.2. The molecule has 0 amide bonds. The number of nitriles is 1. The van der Waals surface area contributed by atoms with E-state index in [0.29, 0.717) is 17.0 Å². The number of rotatable bonds is 7. The summed E-state index contributed by atoms with van der Waals surface area (Å²) in [5, 5.41) is 22.3. The van der Waals surface area contributed by atoms with E-state index in [0.717, 1.165) is 0 Å². The Kier molecular flexibility index (Phi) is 7.65. The van der Waals surface area contributed by atoms with Gasteiger partial charge in [0, 0.05) is 18.5 Å². The molecule has 0 radical (unpaired) electrons. The first-order chi connectivity index (χ1) is 14.1. The smallest absolute Gasteiger partial charge is 0.336 e. The summed E-state index contributed by atoms with van der Waals surface area (Å²) in [5.74, 6) is -2.73. The minimum absolute atomic E-state index is 0.0214. The topological polar surface area (TPSA) is 109 Å². The van der Waals surface area contributed by atoms with Gasteiger partial charge in [0.2, 0.25) is 0 Å². The van der Waals surface area contributed by atoms with Gasteiger partial charge in [-0.3, -0.25) is 0 Å². The molecule has 160 valence electrons. The highest BCUT2D eigenvalue weighted by Gasteiger charge is 2.38. The van der Waals surface area contributed by atoms with E-state index in [4.69, 9.17) is 21.1 Å². The lowest BCUT2D eigenvalue weighted by molar-refractivity contribution is -0.144. The first-order valence-electron chi connectivity index (χ1n) is 9.44. The van der Waals surface area contributed by atoms with Crippen LogP contribution in [0.25, 0.3) is 0 Å². The minimum atomic E-state index is -1.20. The van der Waals surface area contributed by atoms with Gasteiger partial charge in [0.05, 0.1) is 33.8 Å². The van der Waals surface area contributed by atoms with Gasteiger partial charge in [-0.25, -0.2) is 9.59 Å². The SMILES string of the molecule is COC(COC(=O)C1=C(C)NC(C)=C(C(=O)O)C1c1cccc(C#N)c1Cl)C(C)C. The molecule has 1 aliphatic rings. The van der Waals surface area contributed by atoms with E-state index in [1.54, 1.807) is 26.0 Å². The third-order valence-corrected chi connectivity index (χ3v) is 5.52. The predicted octanol–water partition coefficient (Wildman–Crippen LogP) is 3.75. The van der Waals surface area contributed by atoms with Gasteiger partial charge in [0.25, 0.3) is 0 Å². The number of carboxylic acid groups (broad SMARTS) is 1. The van der Waals surface area contributed by atoms with Crippen LogP contribution in [-0.2, 0) is 19.1 Å². The van der Waals surface area contributed by atoms with Crippen molar-refractivity contribution >= 4 is 23.5 Å². The molecule has 30 heavy (non-hydrogen) atoms. The molecule has 0 fully saturated rings. The number of allylic oxidation sites excluding steroid dienone is 2. The Bertz CT molecular complexity index is 959. The highest BCUT2D eigenvalue weighted by Crippen LogP contribution is 2.42. The van der Waals surface area contributed by atoms with Gasteiger partial charge in [0.1, 0.15) is 12.7 Å². The van der Waals surface area contributed by atoms with E-state index < -0.39 is 17.9 Å². The van der Waals surface area contributed by atoms with Crippen molar-refractivity contribution in [1.82, 2.24) is 5.32 Å². The Balaban J connectivity index is 2.57. The van der Waals surface area contributed by atoms with Crippen molar-refractivity contribution in [1.29, 1.82) is 5.26 Å². The second kappa shape index (κ2) is 9.79. The van der Waals surface area contributed by atoms with E-state index in [2.05, 4.69) is 5.32 Å². The van der Waals surface area contributed by atoms with Gasteiger partial charge in [0.15, 0.2) is 0 Å². The molecule has 0 saturated carbocycles. The predicted molar refractivity (Wildman–Crippen MR) is 112 cm³/mol. The molecule has 0 bridgehead atoms. The lowest BCUT2D eigenvalue weighted by atomic mass is 9.80. The Morgan fingerprint density at radius 1 is 1.27 bits per heavy atom. The zero-order valence-electron chi connectivity index (χ0n) is 17.6. The number of benzene rings is 1. The van der Waals surface area contributed by atoms with Crippen LogP contribution in [0.4, 0.5) is 0 Å². The van der Waals surface area contributed by atoms with Crippen LogP contribution < -0.4 is 5.32 Å². The number of carboxylic acids is 1. The molecule has 1 aromatic carbocycles. The Morgan fingerprint density at radius 2 is 1.90 bits per heavy atom. The number of nitrogens with one attached hydrogen (secondary N) is 1. The fraction of sp³-hybridized carbons (Fsp3) is 0.409. The van der Waals surface area contributed by atoms with Gasteiger partial charge in [-0.1, -0.05) is 37.6 Å². The van der Waals surface area contributed by atoms with Crippen molar-refractivity contribution in [2.75, 3.05) is 13.7 Å². The summed E-state index contributed by atoms with van der Waals surface area (Å²) in [7, 11) is 1.54. The maximum atomic E-state index is 13.1. The van der Waals surface area contributed by atoms with Crippen molar-refractivity contribution in [2.24, 2.45) is 5.92 Å². The number of hydrogen-bond donors (Lipinski definition) is 2. The Morgan fingerprint density at radius 3 is 2.43 bits per heavy atom. The van der Waals surface area contributed by atoms with Crippen LogP contribution in [0.1, 0.15) is 44.7 Å². The quantitative estimate of drug-likeness (QED) is 0.631. The number of esters is 1. The van der Waals surface area contributed by atoms with Gasteiger partial charge in [-0.05, 0) is 31.4 Å². The van der Waals surface area contributed by atoms with Crippen molar-refractivity contribution in [3.63, 3.8) is 0 Å². The average Bonchev–Trinajstić information content (AvgIpc) is 2.67. The van der Waals surface area contributed by atoms with Gasteiger partial charge >= 0.3 is 11.9 Å². The standard InChI is InChI=1S/C22H25ClN2O5/c1-11(2)16(29-5)10-30-22(28)18-13(4)25-12(3)17(21(26)27)19(18)15-8-6-7-14(9-24)20(15)23/h6-8,11,16,19,25H,10H2,1-5H3,(H,26,27). The monoisotopic (exact) mass is 432 g/mol. The molecule has 1 heterocycles. The molecule has 8 heteroatoms. The number of dihydropyridines is 1. The molecular weight excluding hydrogens is 408 g/mol. The Labute approximate surface area is 180 Å². The fourth-order valence-corrected chi connectivity index (χ4v) is 3.76. The van der Waals surface area contributed by atoms with Crippen LogP contribution in [0.3, 0.4) is 0 Å². The first kappa shape index (κ1) is 23.5. The van der Waals surface area contributed by atoms with E-state index >= 15 is 0 Å². The fourth-order valence-electron chi connectivity index (χ4n) is 3.49. The summed E-state index contributed by atoms with van der Waals surface area (Å²) in [6.45, 7) is 7.19. The number of ether oxygens (including phenoxy) is 2. The number of aliphatic carboxylic acids is 1. The van der Waals surface area contributed by atoms with Crippen molar-refractivity contribution < 1.29 is 24.2 Å². The highest BCUT2D eigenvalue weighted by molar-refractivity contribution is 6.32. The van der Waals surface area contributed by atoms with E-state index in [1.807, 2.05) is 19.9 Å². The zero-order valence-corrected chi connectivity index (χ0v) is 18.3. The molecule has 2 rings (SSSR count). The van der Waals surface area contributed by atoms with E-state index in [1.165, 1.54) is 13.2 Å². The highest BCUT2D eigenvalue weighted by atomic mass is 35.5. The van der Waals surface area contributed by atoms with Gasteiger partial charge in [-0.2, -0.15) is 5.26 Å². The zero-order chi connectivity index (χ0) is 22.6. The third kappa shape index (κ3) is 4.66. The minimum Gasteiger partial charge on any atom is -0.478 e. The van der Waals surface area contributed by atoms with Gasteiger partial charge < -0.3 is 19.9 Å². The third-order valence-electron chi connectivity index (χ3n) is 5.10. The van der Waals surface area contributed by atoms with Crippen molar-refractivity contribution in [2.45, 2.75) is 39.7 Å². The summed E-state index contributed by atoms with van der Waals surface area (Å²) < 4.78 is 10.8. The largest absolute Gasteiger partial charge is 0.478 e. The Hall–Kier alpha value is -2.82. The van der Waals surface area contributed by atoms with Crippen molar-refractivity contribution in [3.8, 4) is 6.07 Å². The molecule has 0 spiro atoms. The van der Waals surface area contributed by atoms with E-state index in [-0.39, 0.29) is 40.4 Å². The number of hydrogen-bond acceptors (Lipinski definition) is 6. The van der Waals surface area contributed by atoms with Gasteiger partial charge in [-0.15, -0.1) is 0 Å². The molecule has 2 N–H and O–H groups in total. The first-order valence-corrected chi connectivity index (χ1v) is 9.82. The van der Waals surface area contributed by atoms with Crippen LogP contribution in [0.5, 0.6) is 0 Å². The van der Waals surface area contributed by atoms with E-state index in [9.17, 15) is 20.0 Å². The van der Waals surface area contributed by atoms with Crippen molar-refractivity contribution in [3.05, 3.63) is 56.9 Å². The van der Waals surface area contributed by atoms with Crippen LogP contribution in [0, 0.1) is 17.2 Å².